The first-order valence-electron chi connectivity index (χ1n) is 5.53. The highest BCUT2D eigenvalue weighted by atomic mass is 35.5. The average Bonchev–Trinajstić information content (AvgIpc) is 2.19. The standard InChI is InChI=1S/C13H20ClNO/c1-13(2,3)12(16)9-15-8-10-6-4-5-7-11(10)14/h4-7,12,15-16H,8-9H2,1-3H3. The van der Waals surface area contributed by atoms with E-state index < -0.39 is 0 Å². The second-order valence-electron chi connectivity index (χ2n) is 5.10. The van der Waals surface area contributed by atoms with E-state index in [0.717, 1.165) is 10.6 Å². The quantitative estimate of drug-likeness (QED) is 0.850. The largest absolute Gasteiger partial charge is 0.391 e. The Morgan fingerprint density at radius 1 is 1.31 bits per heavy atom. The third-order valence-electron chi connectivity index (χ3n) is 2.61. The molecule has 2 nitrogen and oxygen atoms in total. The molecule has 1 aromatic rings. The highest BCUT2D eigenvalue weighted by molar-refractivity contribution is 6.31. The van der Waals surface area contributed by atoms with Crippen molar-refractivity contribution in [3.63, 3.8) is 0 Å². The van der Waals surface area contributed by atoms with E-state index in [1.165, 1.54) is 0 Å². The van der Waals surface area contributed by atoms with Crippen molar-refractivity contribution in [1.82, 2.24) is 5.32 Å². The summed E-state index contributed by atoms with van der Waals surface area (Å²) in [5.74, 6) is 0. The second-order valence-corrected chi connectivity index (χ2v) is 5.51. The molecule has 0 fully saturated rings. The van der Waals surface area contributed by atoms with Crippen molar-refractivity contribution in [3.05, 3.63) is 34.9 Å². The molecule has 0 aliphatic carbocycles. The fraction of sp³-hybridized carbons (Fsp3) is 0.538. The van der Waals surface area contributed by atoms with Crippen LogP contribution in [0.2, 0.25) is 5.02 Å². The van der Waals surface area contributed by atoms with E-state index in [9.17, 15) is 5.11 Å². The highest BCUT2D eigenvalue weighted by Crippen LogP contribution is 2.19. The number of halogens is 1. The monoisotopic (exact) mass is 241 g/mol. The Bertz CT molecular complexity index is 333. The molecule has 1 rings (SSSR count). The van der Waals surface area contributed by atoms with Gasteiger partial charge in [-0.2, -0.15) is 0 Å². The van der Waals surface area contributed by atoms with Gasteiger partial charge in [-0.05, 0) is 17.0 Å². The number of benzene rings is 1. The zero-order valence-corrected chi connectivity index (χ0v) is 10.9. The van der Waals surface area contributed by atoms with Crippen LogP contribution in [-0.2, 0) is 6.54 Å². The lowest BCUT2D eigenvalue weighted by atomic mass is 9.89. The molecule has 2 N–H and O–H groups in total. The van der Waals surface area contributed by atoms with Crippen LogP contribution in [0.3, 0.4) is 0 Å². The Morgan fingerprint density at radius 2 is 1.94 bits per heavy atom. The summed E-state index contributed by atoms with van der Waals surface area (Å²) < 4.78 is 0. The molecule has 0 heterocycles. The van der Waals surface area contributed by atoms with Crippen LogP contribution in [0.4, 0.5) is 0 Å². The number of nitrogens with one attached hydrogen (secondary N) is 1. The van der Waals surface area contributed by atoms with Crippen molar-refractivity contribution >= 4 is 11.6 Å². The Balaban J connectivity index is 2.40. The fourth-order valence-electron chi connectivity index (χ4n) is 1.29. The molecule has 0 spiro atoms. The smallest absolute Gasteiger partial charge is 0.0712 e. The third kappa shape index (κ3) is 4.12. The van der Waals surface area contributed by atoms with Gasteiger partial charge < -0.3 is 10.4 Å². The molecule has 0 saturated heterocycles. The molecule has 1 aromatic carbocycles. The van der Waals surface area contributed by atoms with Gasteiger partial charge in [-0.1, -0.05) is 50.6 Å². The van der Waals surface area contributed by atoms with Crippen molar-refractivity contribution in [3.8, 4) is 0 Å². The Hall–Kier alpha value is -0.570. The maximum absolute atomic E-state index is 9.84. The number of aliphatic hydroxyl groups is 1. The van der Waals surface area contributed by atoms with E-state index in [4.69, 9.17) is 11.6 Å². The van der Waals surface area contributed by atoms with E-state index in [-0.39, 0.29) is 11.5 Å². The number of hydrogen-bond donors (Lipinski definition) is 2. The average molecular weight is 242 g/mol. The first kappa shape index (κ1) is 13.5. The van der Waals surface area contributed by atoms with Crippen molar-refractivity contribution in [2.75, 3.05) is 6.54 Å². The van der Waals surface area contributed by atoms with Crippen LogP contribution in [0.5, 0.6) is 0 Å². The minimum Gasteiger partial charge on any atom is -0.391 e. The van der Waals surface area contributed by atoms with Crippen LogP contribution in [0.1, 0.15) is 26.3 Å². The normalized spacial score (nSPS) is 13.8. The molecule has 0 aliphatic rings. The third-order valence-corrected chi connectivity index (χ3v) is 2.98. The fourth-order valence-corrected chi connectivity index (χ4v) is 1.49. The van der Waals surface area contributed by atoms with E-state index >= 15 is 0 Å². The van der Waals surface area contributed by atoms with Gasteiger partial charge in [0.25, 0.3) is 0 Å². The van der Waals surface area contributed by atoms with Crippen LogP contribution < -0.4 is 5.32 Å². The molecule has 0 aromatic heterocycles. The van der Waals surface area contributed by atoms with Crippen molar-refractivity contribution in [1.29, 1.82) is 0 Å². The zero-order chi connectivity index (χ0) is 12.2. The van der Waals surface area contributed by atoms with Gasteiger partial charge in [-0.25, -0.2) is 0 Å². The van der Waals surface area contributed by atoms with Crippen LogP contribution in [0, 0.1) is 5.41 Å². The molecule has 0 aliphatic heterocycles. The van der Waals surface area contributed by atoms with E-state index in [0.29, 0.717) is 13.1 Å². The molecule has 0 radical (unpaired) electrons. The predicted molar refractivity (Wildman–Crippen MR) is 68.6 cm³/mol. The summed E-state index contributed by atoms with van der Waals surface area (Å²) in [6, 6.07) is 7.73. The van der Waals surface area contributed by atoms with Gasteiger partial charge in [0, 0.05) is 18.1 Å². The van der Waals surface area contributed by atoms with Crippen LogP contribution in [0.15, 0.2) is 24.3 Å². The van der Waals surface area contributed by atoms with Crippen molar-refractivity contribution in [2.45, 2.75) is 33.4 Å². The molecule has 1 atom stereocenters. The van der Waals surface area contributed by atoms with Crippen molar-refractivity contribution in [2.24, 2.45) is 5.41 Å². The van der Waals surface area contributed by atoms with Gasteiger partial charge >= 0.3 is 0 Å². The molecular formula is C13H20ClNO. The Kier molecular flexibility index (Phi) is 4.78. The van der Waals surface area contributed by atoms with E-state index in [1.54, 1.807) is 0 Å². The second kappa shape index (κ2) is 5.67. The summed E-state index contributed by atoms with van der Waals surface area (Å²) in [5, 5.41) is 13.8. The summed E-state index contributed by atoms with van der Waals surface area (Å²) >= 11 is 6.03. The maximum atomic E-state index is 9.84. The Labute approximate surface area is 103 Å². The zero-order valence-electron chi connectivity index (χ0n) is 10.1. The van der Waals surface area contributed by atoms with E-state index in [1.807, 2.05) is 45.0 Å². The molecule has 1 unspecified atom stereocenters. The molecule has 16 heavy (non-hydrogen) atoms. The van der Waals surface area contributed by atoms with Crippen LogP contribution >= 0.6 is 11.6 Å². The highest BCUT2D eigenvalue weighted by Gasteiger charge is 2.21. The molecule has 0 amide bonds. The van der Waals surface area contributed by atoms with E-state index in [2.05, 4.69) is 5.32 Å². The van der Waals surface area contributed by atoms with Gasteiger partial charge in [0.2, 0.25) is 0 Å². The lowest BCUT2D eigenvalue weighted by Gasteiger charge is -2.26. The Morgan fingerprint density at radius 3 is 2.50 bits per heavy atom. The molecule has 0 bridgehead atoms. The molecular weight excluding hydrogens is 222 g/mol. The van der Waals surface area contributed by atoms with Crippen LogP contribution in [-0.4, -0.2) is 17.8 Å². The van der Waals surface area contributed by atoms with Gasteiger partial charge in [-0.3, -0.25) is 0 Å². The molecule has 0 saturated carbocycles. The first-order valence-corrected chi connectivity index (χ1v) is 5.91. The minimum absolute atomic E-state index is 0.0898. The summed E-state index contributed by atoms with van der Waals surface area (Å²) in [4.78, 5) is 0. The lowest BCUT2D eigenvalue weighted by molar-refractivity contribution is 0.0628. The predicted octanol–water partition coefficient (Wildman–Crippen LogP) is 2.84. The minimum atomic E-state index is -0.352. The lowest BCUT2D eigenvalue weighted by Crippen LogP contribution is -2.36. The summed E-state index contributed by atoms with van der Waals surface area (Å²) in [7, 11) is 0. The maximum Gasteiger partial charge on any atom is 0.0712 e. The van der Waals surface area contributed by atoms with Gasteiger partial charge in [0.05, 0.1) is 6.10 Å². The number of aliphatic hydroxyl groups excluding tert-OH is 1. The molecule has 3 heteroatoms. The summed E-state index contributed by atoms with van der Waals surface area (Å²) in [6.45, 7) is 7.33. The number of rotatable bonds is 4. The summed E-state index contributed by atoms with van der Waals surface area (Å²) in [6.07, 6.45) is -0.352. The molecule has 90 valence electrons. The van der Waals surface area contributed by atoms with Crippen LogP contribution in [0.25, 0.3) is 0 Å². The van der Waals surface area contributed by atoms with Gasteiger partial charge in [0.15, 0.2) is 0 Å². The SMILES string of the molecule is CC(C)(C)C(O)CNCc1ccccc1Cl. The summed E-state index contributed by atoms with van der Waals surface area (Å²) in [5.41, 5.74) is 0.971. The topological polar surface area (TPSA) is 32.3 Å². The number of hydrogen-bond acceptors (Lipinski definition) is 2. The van der Waals surface area contributed by atoms with Gasteiger partial charge in [0.1, 0.15) is 0 Å². The van der Waals surface area contributed by atoms with Crippen molar-refractivity contribution < 1.29 is 5.11 Å². The first-order chi connectivity index (χ1) is 7.41. The van der Waals surface area contributed by atoms with Gasteiger partial charge in [-0.15, -0.1) is 0 Å².